The monoisotopic (exact) mass is 387 g/mol. The van der Waals surface area contributed by atoms with Gasteiger partial charge in [-0.25, -0.2) is 4.79 Å². The molecule has 3 nitrogen and oxygen atoms in total. The molecule has 0 aliphatic rings. The first-order valence-corrected chi connectivity index (χ1v) is 7.60. The molecule has 1 unspecified atom stereocenters. The number of benzene rings is 2. The highest BCUT2D eigenvalue weighted by Crippen LogP contribution is 2.31. The first kappa shape index (κ1) is 16.1. The molecule has 0 aromatic heterocycles. The maximum Gasteiger partial charge on any atom is 0.333 e. The molecule has 0 spiro atoms. The van der Waals surface area contributed by atoms with Crippen LogP contribution >= 0.6 is 39.1 Å². The number of aliphatic carboxylic acids is 1. The van der Waals surface area contributed by atoms with E-state index in [1.54, 1.807) is 49.4 Å². The van der Waals surface area contributed by atoms with Crippen molar-refractivity contribution in [1.29, 1.82) is 0 Å². The van der Waals surface area contributed by atoms with Crippen molar-refractivity contribution in [3.8, 4) is 0 Å². The second-order valence-corrected chi connectivity index (χ2v) is 6.39. The predicted octanol–water partition coefficient (Wildman–Crippen LogP) is 5.17. The lowest BCUT2D eigenvalue weighted by Crippen LogP contribution is -2.40. The second-order valence-electron chi connectivity index (χ2n) is 4.69. The fraction of sp³-hybridized carbons (Fsp3) is 0.133. The number of nitrogens with one attached hydrogen (secondary N) is 1. The Morgan fingerprint density at radius 1 is 1.24 bits per heavy atom. The maximum atomic E-state index is 11.7. The zero-order valence-corrected chi connectivity index (χ0v) is 14.1. The van der Waals surface area contributed by atoms with Crippen molar-refractivity contribution in [2.45, 2.75) is 12.5 Å². The molecule has 0 aliphatic carbocycles. The van der Waals surface area contributed by atoms with E-state index in [4.69, 9.17) is 23.2 Å². The molecule has 0 saturated carbocycles. The normalized spacial score (nSPS) is 13.5. The minimum absolute atomic E-state index is 0.485. The molecule has 0 radical (unpaired) electrons. The van der Waals surface area contributed by atoms with Crippen LogP contribution in [-0.2, 0) is 10.3 Å². The van der Waals surface area contributed by atoms with Crippen LogP contribution in [0.15, 0.2) is 46.9 Å². The van der Waals surface area contributed by atoms with E-state index in [1.807, 2.05) is 0 Å². The van der Waals surface area contributed by atoms with Crippen LogP contribution in [0.3, 0.4) is 0 Å². The van der Waals surface area contributed by atoms with Gasteiger partial charge in [-0.15, -0.1) is 0 Å². The van der Waals surface area contributed by atoms with Gasteiger partial charge >= 0.3 is 5.97 Å². The van der Waals surface area contributed by atoms with E-state index in [0.29, 0.717) is 25.8 Å². The van der Waals surface area contributed by atoms with Crippen molar-refractivity contribution in [3.05, 3.63) is 62.5 Å². The number of carboxylic acids is 1. The van der Waals surface area contributed by atoms with Crippen LogP contribution in [0.4, 0.5) is 5.69 Å². The van der Waals surface area contributed by atoms with Crippen LogP contribution in [-0.4, -0.2) is 11.1 Å². The topological polar surface area (TPSA) is 49.3 Å². The number of hydrogen-bond acceptors (Lipinski definition) is 2. The minimum Gasteiger partial charge on any atom is -0.479 e. The molecule has 6 heteroatoms. The largest absolute Gasteiger partial charge is 0.479 e. The number of halogens is 3. The average Bonchev–Trinajstić information content (AvgIpc) is 2.42. The molecule has 0 saturated heterocycles. The third kappa shape index (κ3) is 3.51. The Hall–Kier alpha value is -1.23. The highest BCUT2D eigenvalue weighted by atomic mass is 79.9. The number of rotatable bonds is 4. The van der Waals surface area contributed by atoms with E-state index in [-0.39, 0.29) is 0 Å². The van der Waals surface area contributed by atoms with E-state index in [9.17, 15) is 9.90 Å². The lowest BCUT2D eigenvalue weighted by Gasteiger charge is -2.28. The smallest absolute Gasteiger partial charge is 0.333 e. The molecule has 21 heavy (non-hydrogen) atoms. The zero-order valence-electron chi connectivity index (χ0n) is 11.0. The molecule has 0 amide bonds. The SMILES string of the molecule is CC(Nc1ccc(Cl)c(Br)c1)(C(=O)O)c1cccc(Cl)c1. The fourth-order valence-electron chi connectivity index (χ4n) is 1.91. The first-order chi connectivity index (χ1) is 9.83. The molecular weight excluding hydrogens is 377 g/mol. The Bertz CT molecular complexity index is 693. The highest BCUT2D eigenvalue weighted by molar-refractivity contribution is 9.10. The van der Waals surface area contributed by atoms with Crippen molar-refractivity contribution in [2.75, 3.05) is 5.32 Å². The maximum absolute atomic E-state index is 11.7. The number of anilines is 1. The van der Waals surface area contributed by atoms with Crippen LogP contribution in [0.1, 0.15) is 12.5 Å². The van der Waals surface area contributed by atoms with E-state index in [1.165, 1.54) is 0 Å². The van der Waals surface area contributed by atoms with Crippen LogP contribution in [0, 0.1) is 0 Å². The molecule has 2 rings (SSSR count). The molecule has 0 aliphatic heterocycles. The van der Waals surface area contributed by atoms with Gasteiger partial charge in [0, 0.05) is 15.2 Å². The van der Waals surface area contributed by atoms with E-state index < -0.39 is 11.5 Å². The van der Waals surface area contributed by atoms with Crippen LogP contribution < -0.4 is 5.32 Å². The summed E-state index contributed by atoms with van der Waals surface area (Å²) in [6.07, 6.45) is 0. The third-order valence-electron chi connectivity index (χ3n) is 3.14. The number of carbonyl (C=O) groups is 1. The van der Waals surface area contributed by atoms with E-state index >= 15 is 0 Å². The lowest BCUT2D eigenvalue weighted by molar-refractivity contribution is -0.142. The molecule has 110 valence electrons. The Morgan fingerprint density at radius 3 is 2.52 bits per heavy atom. The number of hydrogen-bond donors (Lipinski definition) is 2. The summed E-state index contributed by atoms with van der Waals surface area (Å²) in [6.45, 7) is 1.59. The van der Waals surface area contributed by atoms with Gasteiger partial charge in [0.15, 0.2) is 5.54 Å². The van der Waals surface area contributed by atoms with Gasteiger partial charge in [0.05, 0.1) is 5.02 Å². The van der Waals surface area contributed by atoms with Gasteiger partial charge in [0.25, 0.3) is 0 Å². The van der Waals surface area contributed by atoms with Gasteiger partial charge in [-0.3, -0.25) is 0 Å². The molecule has 1 atom stereocenters. The number of carboxylic acid groups (broad SMARTS) is 1. The van der Waals surface area contributed by atoms with Gasteiger partial charge in [-0.1, -0.05) is 35.3 Å². The summed E-state index contributed by atoms with van der Waals surface area (Å²) in [4.78, 5) is 11.7. The van der Waals surface area contributed by atoms with Crippen LogP contribution in [0.5, 0.6) is 0 Å². The standard InChI is InChI=1S/C15H12BrCl2NO2/c1-15(14(20)21,9-3-2-4-10(17)7-9)19-11-5-6-13(18)12(16)8-11/h2-8,19H,1H3,(H,20,21). The zero-order chi connectivity index (χ0) is 15.6. The first-order valence-electron chi connectivity index (χ1n) is 6.05. The quantitative estimate of drug-likeness (QED) is 0.759. The molecule has 2 N–H and O–H groups in total. The average molecular weight is 389 g/mol. The fourth-order valence-corrected chi connectivity index (χ4v) is 2.60. The van der Waals surface area contributed by atoms with Gasteiger partial charge in [-0.05, 0) is 58.7 Å². The highest BCUT2D eigenvalue weighted by Gasteiger charge is 2.35. The van der Waals surface area contributed by atoms with Crippen molar-refractivity contribution in [3.63, 3.8) is 0 Å². The van der Waals surface area contributed by atoms with Crippen LogP contribution in [0.2, 0.25) is 10.0 Å². The van der Waals surface area contributed by atoms with E-state index in [0.717, 1.165) is 0 Å². The Balaban J connectivity index is 2.43. The van der Waals surface area contributed by atoms with Crippen molar-refractivity contribution in [1.82, 2.24) is 0 Å². The molecule has 0 bridgehead atoms. The molecule has 0 heterocycles. The summed E-state index contributed by atoms with van der Waals surface area (Å²) >= 11 is 15.2. The predicted molar refractivity (Wildman–Crippen MR) is 89.2 cm³/mol. The molecular formula is C15H12BrCl2NO2. The summed E-state index contributed by atoms with van der Waals surface area (Å²) < 4.78 is 0.688. The van der Waals surface area contributed by atoms with Gasteiger partial charge in [-0.2, -0.15) is 0 Å². The summed E-state index contributed by atoms with van der Waals surface area (Å²) in [5, 5.41) is 13.7. The van der Waals surface area contributed by atoms with Gasteiger partial charge in [0.2, 0.25) is 0 Å². The Morgan fingerprint density at radius 2 is 1.95 bits per heavy atom. The van der Waals surface area contributed by atoms with Gasteiger partial charge < -0.3 is 10.4 Å². The Kier molecular flexibility index (Phi) is 4.81. The van der Waals surface area contributed by atoms with Crippen molar-refractivity contribution in [2.24, 2.45) is 0 Å². The minimum atomic E-state index is -1.31. The molecule has 2 aromatic carbocycles. The molecule has 0 fully saturated rings. The summed E-state index contributed by atoms with van der Waals surface area (Å²) in [5.74, 6) is -1.00. The van der Waals surface area contributed by atoms with Crippen molar-refractivity contribution < 1.29 is 9.90 Å². The summed E-state index contributed by atoms with van der Waals surface area (Å²) in [7, 11) is 0. The lowest BCUT2D eigenvalue weighted by atomic mass is 9.91. The Labute approximate surface area is 141 Å². The van der Waals surface area contributed by atoms with Gasteiger partial charge in [0.1, 0.15) is 0 Å². The molecule has 2 aromatic rings. The third-order valence-corrected chi connectivity index (χ3v) is 4.59. The van der Waals surface area contributed by atoms with Crippen molar-refractivity contribution >= 4 is 50.8 Å². The summed E-state index contributed by atoms with van der Waals surface area (Å²) in [6, 6.07) is 11.9. The summed E-state index contributed by atoms with van der Waals surface area (Å²) in [5.41, 5.74) is -0.109. The second kappa shape index (κ2) is 6.26. The van der Waals surface area contributed by atoms with E-state index in [2.05, 4.69) is 21.2 Å². The van der Waals surface area contributed by atoms with Crippen LogP contribution in [0.25, 0.3) is 0 Å².